The third-order valence-electron chi connectivity index (χ3n) is 1.82. The van der Waals surface area contributed by atoms with Crippen molar-refractivity contribution in [3.05, 3.63) is 29.8 Å². The number of nitrogens with one attached hydrogen (secondary N) is 2. The molecule has 0 fully saturated rings. The summed E-state index contributed by atoms with van der Waals surface area (Å²) in [5, 5.41) is 0. The first kappa shape index (κ1) is 12.7. The molecular weight excluding hydrogens is 228 g/mol. The number of carbonyl (C=O) groups is 1. The Bertz CT molecular complexity index is 457. The quantitative estimate of drug-likeness (QED) is 0.735. The van der Waals surface area contributed by atoms with E-state index in [1.807, 2.05) is 6.92 Å². The second-order valence-electron chi connectivity index (χ2n) is 3.24. The van der Waals surface area contributed by atoms with Crippen molar-refractivity contribution in [3.63, 3.8) is 0 Å². The molecule has 0 atom stereocenters. The summed E-state index contributed by atoms with van der Waals surface area (Å²) >= 11 is 0. The number of carbonyl (C=O) groups excluding carboxylic acids is 1. The summed E-state index contributed by atoms with van der Waals surface area (Å²) in [6.07, 6.45) is 1.38. The maximum Gasteiger partial charge on any atom is 0.299 e. The first-order chi connectivity index (χ1) is 7.57. The van der Waals surface area contributed by atoms with Crippen LogP contribution in [-0.2, 0) is 10.2 Å². The van der Waals surface area contributed by atoms with Gasteiger partial charge in [-0.1, -0.05) is 19.1 Å². The van der Waals surface area contributed by atoms with Crippen molar-refractivity contribution in [1.82, 2.24) is 4.72 Å². The van der Waals surface area contributed by atoms with E-state index in [-0.39, 0.29) is 0 Å². The minimum atomic E-state index is -3.54. The van der Waals surface area contributed by atoms with Crippen molar-refractivity contribution in [2.45, 2.75) is 13.3 Å². The van der Waals surface area contributed by atoms with E-state index in [0.717, 1.165) is 6.42 Å². The first-order valence-electron chi connectivity index (χ1n) is 4.90. The summed E-state index contributed by atoms with van der Waals surface area (Å²) < 4.78 is 27.6. The van der Waals surface area contributed by atoms with E-state index in [2.05, 4.69) is 9.44 Å². The number of aldehydes is 1. The van der Waals surface area contributed by atoms with E-state index in [1.165, 1.54) is 6.07 Å². The van der Waals surface area contributed by atoms with Crippen LogP contribution < -0.4 is 9.44 Å². The average Bonchev–Trinajstić information content (AvgIpc) is 2.26. The Kier molecular flexibility index (Phi) is 4.45. The van der Waals surface area contributed by atoms with E-state index >= 15 is 0 Å². The van der Waals surface area contributed by atoms with Crippen LogP contribution in [0.5, 0.6) is 0 Å². The molecule has 0 radical (unpaired) electrons. The lowest BCUT2D eigenvalue weighted by Crippen LogP contribution is -2.30. The van der Waals surface area contributed by atoms with Crippen LogP contribution in [0.1, 0.15) is 23.7 Å². The number of anilines is 1. The molecule has 0 amide bonds. The van der Waals surface area contributed by atoms with Crippen molar-refractivity contribution in [3.8, 4) is 0 Å². The van der Waals surface area contributed by atoms with Gasteiger partial charge in [-0.3, -0.25) is 9.52 Å². The summed E-state index contributed by atoms with van der Waals surface area (Å²) in [6.45, 7) is 2.25. The van der Waals surface area contributed by atoms with Crippen molar-refractivity contribution in [2.75, 3.05) is 11.3 Å². The molecule has 1 rings (SSSR count). The fourth-order valence-electron chi connectivity index (χ4n) is 1.10. The van der Waals surface area contributed by atoms with Gasteiger partial charge in [0.25, 0.3) is 10.2 Å². The summed E-state index contributed by atoms with van der Waals surface area (Å²) in [5.41, 5.74) is 0.795. The summed E-state index contributed by atoms with van der Waals surface area (Å²) in [4.78, 5) is 10.5. The number of rotatable bonds is 6. The van der Waals surface area contributed by atoms with E-state index in [0.29, 0.717) is 24.1 Å². The lowest BCUT2D eigenvalue weighted by Gasteiger charge is -2.08. The molecular formula is C10H14N2O3S. The molecule has 5 nitrogen and oxygen atoms in total. The predicted molar refractivity (Wildman–Crippen MR) is 62.7 cm³/mol. The third-order valence-corrected chi connectivity index (χ3v) is 2.91. The lowest BCUT2D eigenvalue weighted by atomic mass is 10.2. The molecule has 1 aromatic carbocycles. The molecule has 0 spiro atoms. The molecule has 16 heavy (non-hydrogen) atoms. The van der Waals surface area contributed by atoms with Gasteiger partial charge in [0.2, 0.25) is 0 Å². The van der Waals surface area contributed by atoms with Crippen molar-refractivity contribution in [1.29, 1.82) is 0 Å². The van der Waals surface area contributed by atoms with Crippen LogP contribution in [0.25, 0.3) is 0 Å². The van der Waals surface area contributed by atoms with Crippen molar-refractivity contribution in [2.24, 2.45) is 0 Å². The van der Waals surface area contributed by atoms with Gasteiger partial charge in [0, 0.05) is 12.1 Å². The largest absolute Gasteiger partial charge is 0.299 e. The molecule has 0 heterocycles. The lowest BCUT2D eigenvalue weighted by molar-refractivity contribution is 0.112. The van der Waals surface area contributed by atoms with Crippen LogP contribution in [0.2, 0.25) is 0 Å². The highest BCUT2D eigenvalue weighted by molar-refractivity contribution is 7.90. The SMILES string of the molecule is CCCNS(=O)(=O)Nc1cccc(C=O)c1. The Morgan fingerprint density at radius 2 is 2.12 bits per heavy atom. The van der Waals surface area contributed by atoms with Crippen LogP contribution in [0.4, 0.5) is 5.69 Å². The first-order valence-corrected chi connectivity index (χ1v) is 6.38. The fourth-order valence-corrected chi connectivity index (χ4v) is 2.09. The monoisotopic (exact) mass is 242 g/mol. The van der Waals surface area contributed by atoms with Crippen LogP contribution in [0.3, 0.4) is 0 Å². The molecule has 0 bridgehead atoms. The van der Waals surface area contributed by atoms with E-state index in [9.17, 15) is 13.2 Å². The van der Waals surface area contributed by atoms with Gasteiger partial charge < -0.3 is 0 Å². The van der Waals surface area contributed by atoms with E-state index in [1.54, 1.807) is 18.2 Å². The number of benzene rings is 1. The van der Waals surface area contributed by atoms with E-state index < -0.39 is 10.2 Å². The Balaban J connectivity index is 2.75. The van der Waals surface area contributed by atoms with Gasteiger partial charge in [0.05, 0.1) is 5.69 Å². The molecule has 0 aliphatic carbocycles. The Morgan fingerprint density at radius 1 is 1.38 bits per heavy atom. The third kappa shape index (κ3) is 4.00. The minimum Gasteiger partial charge on any atom is -0.298 e. The number of hydrogen-bond acceptors (Lipinski definition) is 3. The zero-order valence-electron chi connectivity index (χ0n) is 8.93. The Hall–Kier alpha value is -1.40. The summed E-state index contributed by atoms with van der Waals surface area (Å²) in [6, 6.07) is 6.27. The minimum absolute atomic E-state index is 0.369. The van der Waals surface area contributed by atoms with Gasteiger partial charge in [0.15, 0.2) is 0 Å². The van der Waals surface area contributed by atoms with Crippen LogP contribution in [0.15, 0.2) is 24.3 Å². The molecule has 6 heteroatoms. The van der Waals surface area contributed by atoms with Crippen LogP contribution in [-0.4, -0.2) is 21.2 Å². The van der Waals surface area contributed by atoms with Crippen molar-refractivity contribution < 1.29 is 13.2 Å². The second-order valence-corrected chi connectivity index (χ2v) is 4.74. The molecule has 88 valence electrons. The standard InChI is InChI=1S/C10H14N2O3S/c1-2-6-11-16(14,15)12-10-5-3-4-9(7-10)8-13/h3-5,7-8,11-12H,2,6H2,1H3. The zero-order valence-corrected chi connectivity index (χ0v) is 9.75. The van der Waals surface area contributed by atoms with Crippen LogP contribution in [0, 0.1) is 0 Å². The maximum absolute atomic E-state index is 11.4. The molecule has 0 aliphatic heterocycles. The molecule has 2 N–H and O–H groups in total. The summed E-state index contributed by atoms with van der Waals surface area (Å²) in [7, 11) is -3.54. The van der Waals surface area contributed by atoms with Gasteiger partial charge in [-0.2, -0.15) is 13.1 Å². The molecule has 1 aromatic rings. The molecule has 0 aliphatic rings. The fraction of sp³-hybridized carbons (Fsp3) is 0.300. The molecule has 0 aromatic heterocycles. The number of hydrogen-bond donors (Lipinski definition) is 2. The normalized spacial score (nSPS) is 11.1. The maximum atomic E-state index is 11.4. The Morgan fingerprint density at radius 3 is 2.75 bits per heavy atom. The average molecular weight is 242 g/mol. The highest BCUT2D eigenvalue weighted by Crippen LogP contribution is 2.10. The van der Waals surface area contributed by atoms with Crippen LogP contribution >= 0.6 is 0 Å². The molecule has 0 saturated heterocycles. The van der Waals surface area contributed by atoms with E-state index in [4.69, 9.17) is 0 Å². The highest BCUT2D eigenvalue weighted by Gasteiger charge is 2.08. The summed E-state index contributed by atoms with van der Waals surface area (Å²) in [5.74, 6) is 0. The smallest absolute Gasteiger partial charge is 0.298 e. The van der Waals surface area contributed by atoms with Gasteiger partial charge in [0.1, 0.15) is 6.29 Å². The van der Waals surface area contributed by atoms with Crippen molar-refractivity contribution >= 4 is 22.2 Å². The molecule has 0 unspecified atom stereocenters. The van der Waals surface area contributed by atoms with Gasteiger partial charge >= 0.3 is 0 Å². The topological polar surface area (TPSA) is 75.3 Å². The van der Waals surface area contributed by atoms with Gasteiger partial charge in [-0.25, -0.2) is 0 Å². The molecule has 0 saturated carbocycles. The Labute approximate surface area is 95.0 Å². The van der Waals surface area contributed by atoms with Gasteiger partial charge in [-0.05, 0) is 18.6 Å². The zero-order chi connectivity index (χ0) is 12.0. The highest BCUT2D eigenvalue weighted by atomic mass is 32.2. The van der Waals surface area contributed by atoms with Gasteiger partial charge in [-0.15, -0.1) is 0 Å². The second kappa shape index (κ2) is 5.62. The predicted octanol–water partition coefficient (Wildman–Crippen LogP) is 1.16.